The first-order valence-electron chi connectivity index (χ1n) is 12.2. The van der Waals surface area contributed by atoms with E-state index in [1.807, 2.05) is 11.0 Å². The maximum absolute atomic E-state index is 11.9. The van der Waals surface area contributed by atoms with Gasteiger partial charge >= 0.3 is 0 Å². The summed E-state index contributed by atoms with van der Waals surface area (Å²) in [6, 6.07) is 18.8. The molecule has 2 fully saturated rings. The van der Waals surface area contributed by atoms with E-state index in [9.17, 15) is 4.79 Å². The molecule has 0 radical (unpaired) electrons. The van der Waals surface area contributed by atoms with Crippen molar-refractivity contribution in [2.75, 3.05) is 32.8 Å². The van der Waals surface area contributed by atoms with E-state index >= 15 is 0 Å². The second-order valence-corrected chi connectivity index (χ2v) is 9.01. The van der Waals surface area contributed by atoms with Gasteiger partial charge in [0.25, 0.3) is 0 Å². The Balaban J connectivity index is 1.29. The number of benzene rings is 2. The molecule has 6 nitrogen and oxygen atoms in total. The number of aliphatic imine (C=N–C) groups is 1. The highest BCUT2D eigenvalue weighted by molar-refractivity contribution is 5.80. The summed E-state index contributed by atoms with van der Waals surface area (Å²) < 4.78 is 5.98. The Labute approximate surface area is 197 Å². The molecule has 1 unspecified atom stereocenters. The van der Waals surface area contributed by atoms with Crippen LogP contribution in [0.15, 0.2) is 59.6 Å². The maximum Gasteiger partial charge on any atom is 0.222 e. The Kier molecular flexibility index (Phi) is 8.36. The van der Waals surface area contributed by atoms with Crippen molar-refractivity contribution in [1.82, 2.24) is 15.1 Å². The molecule has 0 aromatic heterocycles. The number of likely N-dealkylation sites (tertiary alicyclic amines) is 2. The topological polar surface area (TPSA) is 57.2 Å². The number of carbonyl (C=O) groups is 1. The van der Waals surface area contributed by atoms with Crippen LogP contribution in [0.5, 0.6) is 0 Å². The van der Waals surface area contributed by atoms with Crippen LogP contribution in [0.1, 0.15) is 42.9 Å². The van der Waals surface area contributed by atoms with Gasteiger partial charge in [-0.3, -0.25) is 4.79 Å². The number of nitrogens with zero attached hydrogens (tertiary/aromatic N) is 3. The summed E-state index contributed by atoms with van der Waals surface area (Å²) in [6.07, 6.45) is 2.78. The summed E-state index contributed by atoms with van der Waals surface area (Å²) >= 11 is 0. The van der Waals surface area contributed by atoms with E-state index in [0.29, 0.717) is 32.0 Å². The lowest BCUT2D eigenvalue weighted by Gasteiger charge is -2.22. The van der Waals surface area contributed by atoms with E-state index in [1.54, 1.807) is 0 Å². The number of hydrogen-bond donors (Lipinski definition) is 1. The van der Waals surface area contributed by atoms with Crippen molar-refractivity contribution in [3.8, 4) is 0 Å². The van der Waals surface area contributed by atoms with Gasteiger partial charge in [0.05, 0.1) is 19.8 Å². The van der Waals surface area contributed by atoms with Gasteiger partial charge in [-0.05, 0) is 36.5 Å². The second-order valence-electron chi connectivity index (χ2n) is 9.01. The average molecular weight is 449 g/mol. The zero-order valence-corrected chi connectivity index (χ0v) is 19.7. The maximum atomic E-state index is 11.9. The Bertz CT molecular complexity index is 931. The minimum absolute atomic E-state index is 0.268. The fraction of sp³-hybridized carbons (Fsp3) is 0.481. The fourth-order valence-corrected chi connectivity index (χ4v) is 4.59. The molecule has 2 aliphatic heterocycles. The van der Waals surface area contributed by atoms with Gasteiger partial charge in [-0.1, -0.05) is 54.6 Å². The lowest BCUT2D eigenvalue weighted by Crippen LogP contribution is -2.40. The summed E-state index contributed by atoms with van der Waals surface area (Å²) in [5, 5.41) is 3.46. The summed E-state index contributed by atoms with van der Waals surface area (Å²) in [7, 11) is 0. The Morgan fingerprint density at radius 1 is 1.09 bits per heavy atom. The summed E-state index contributed by atoms with van der Waals surface area (Å²) in [5.41, 5.74) is 3.58. The number of rotatable bonds is 9. The van der Waals surface area contributed by atoms with E-state index in [2.05, 4.69) is 65.7 Å². The molecule has 1 atom stereocenters. The Morgan fingerprint density at radius 2 is 1.91 bits per heavy atom. The molecule has 0 saturated carbocycles. The van der Waals surface area contributed by atoms with E-state index < -0.39 is 0 Å². The molecule has 2 aromatic rings. The van der Waals surface area contributed by atoms with Crippen molar-refractivity contribution in [1.29, 1.82) is 0 Å². The average Bonchev–Trinajstić information content (AvgIpc) is 3.47. The van der Waals surface area contributed by atoms with Crippen molar-refractivity contribution < 1.29 is 9.53 Å². The van der Waals surface area contributed by atoms with Crippen LogP contribution in [-0.4, -0.2) is 54.5 Å². The van der Waals surface area contributed by atoms with E-state index in [4.69, 9.17) is 9.73 Å². The van der Waals surface area contributed by atoms with Gasteiger partial charge in [0.2, 0.25) is 5.91 Å². The fourth-order valence-electron chi connectivity index (χ4n) is 4.59. The summed E-state index contributed by atoms with van der Waals surface area (Å²) in [5.74, 6) is 1.77. The summed E-state index contributed by atoms with van der Waals surface area (Å²) in [6.45, 7) is 8.59. The number of nitrogens with one attached hydrogen (secondary N) is 1. The molecule has 1 amide bonds. The van der Waals surface area contributed by atoms with Crippen molar-refractivity contribution in [3.63, 3.8) is 0 Å². The summed E-state index contributed by atoms with van der Waals surface area (Å²) in [4.78, 5) is 21.2. The van der Waals surface area contributed by atoms with E-state index in [-0.39, 0.29) is 5.91 Å². The van der Waals surface area contributed by atoms with Crippen LogP contribution in [0.4, 0.5) is 0 Å². The lowest BCUT2D eigenvalue weighted by molar-refractivity contribution is -0.128. The minimum atomic E-state index is 0.268. The van der Waals surface area contributed by atoms with Crippen LogP contribution >= 0.6 is 0 Å². The van der Waals surface area contributed by atoms with Gasteiger partial charge in [0.1, 0.15) is 0 Å². The molecular formula is C27H36N4O2. The molecule has 2 heterocycles. The van der Waals surface area contributed by atoms with Crippen molar-refractivity contribution in [2.45, 2.75) is 45.9 Å². The van der Waals surface area contributed by atoms with Crippen LogP contribution in [-0.2, 0) is 29.2 Å². The lowest BCUT2D eigenvalue weighted by atomic mass is 10.1. The molecule has 0 bridgehead atoms. The molecule has 1 N–H and O–H groups in total. The molecule has 0 aliphatic carbocycles. The van der Waals surface area contributed by atoms with Crippen LogP contribution in [0.3, 0.4) is 0 Å². The van der Waals surface area contributed by atoms with E-state index in [1.165, 1.54) is 16.7 Å². The number of hydrogen-bond acceptors (Lipinski definition) is 3. The van der Waals surface area contributed by atoms with Gasteiger partial charge in [0, 0.05) is 45.1 Å². The van der Waals surface area contributed by atoms with Crippen molar-refractivity contribution >= 4 is 11.9 Å². The number of amides is 1. The third-order valence-corrected chi connectivity index (χ3v) is 6.33. The quantitative estimate of drug-likeness (QED) is 0.468. The van der Waals surface area contributed by atoms with Gasteiger partial charge < -0.3 is 19.9 Å². The number of carbonyl (C=O) groups excluding carboxylic acids is 1. The highest BCUT2D eigenvalue weighted by atomic mass is 16.5. The van der Waals surface area contributed by atoms with Crippen LogP contribution < -0.4 is 5.32 Å². The molecular weight excluding hydrogens is 412 g/mol. The predicted molar refractivity (Wildman–Crippen MR) is 132 cm³/mol. The van der Waals surface area contributed by atoms with Gasteiger partial charge in [-0.15, -0.1) is 0 Å². The molecule has 33 heavy (non-hydrogen) atoms. The third kappa shape index (κ3) is 6.81. The SMILES string of the molecule is CCNC(=NCc1cccc(CN2CCCC2=O)c1)N1CCC(COCc2ccccc2)C1. The molecule has 4 rings (SSSR count). The monoisotopic (exact) mass is 448 g/mol. The first-order chi connectivity index (χ1) is 16.2. The van der Waals surface area contributed by atoms with Gasteiger partial charge in [0.15, 0.2) is 5.96 Å². The smallest absolute Gasteiger partial charge is 0.222 e. The van der Waals surface area contributed by atoms with Crippen LogP contribution in [0, 0.1) is 5.92 Å². The van der Waals surface area contributed by atoms with Crippen molar-refractivity contribution in [3.05, 3.63) is 71.3 Å². The normalized spacial score (nSPS) is 18.9. The first-order valence-corrected chi connectivity index (χ1v) is 12.2. The number of ether oxygens (including phenoxy) is 1. The molecule has 2 aromatic carbocycles. The zero-order chi connectivity index (χ0) is 22.9. The molecule has 0 spiro atoms. The van der Waals surface area contributed by atoms with Crippen LogP contribution in [0.2, 0.25) is 0 Å². The molecule has 176 valence electrons. The largest absolute Gasteiger partial charge is 0.376 e. The van der Waals surface area contributed by atoms with Gasteiger partial charge in [-0.2, -0.15) is 0 Å². The zero-order valence-electron chi connectivity index (χ0n) is 19.7. The predicted octanol–water partition coefficient (Wildman–Crippen LogP) is 3.81. The molecule has 2 saturated heterocycles. The first kappa shape index (κ1) is 23.3. The number of guanidine groups is 1. The highest BCUT2D eigenvalue weighted by Crippen LogP contribution is 2.19. The minimum Gasteiger partial charge on any atom is -0.376 e. The molecule has 6 heteroatoms. The standard InChI is InChI=1S/C27H36N4O2/c1-2-28-27(31-15-13-25(19-31)21-33-20-22-8-4-3-5-9-22)29-17-23-10-6-11-24(16-23)18-30-14-7-12-26(30)32/h3-6,8-11,16,25H,2,7,12-15,17-21H2,1H3,(H,28,29). The second kappa shape index (κ2) is 11.8. The van der Waals surface area contributed by atoms with Crippen molar-refractivity contribution in [2.24, 2.45) is 10.9 Å². The Hall–Kier alpha value is -2.86. The van der Waals surface area contributed by atoms with E-state index in [0.717, 1.165) is 51.6 Å². The highest BCUT2D eigenvalue weighted by Gasteiger charge is 2.25. The third-order valence-electron chi connectivity index (χ3n) is 6.33. The molecule has 2 aliphatic rings. The van der Waals surface area contributed by atoms with Gasteiger partial charge in [-0.25, -0.2) is 4.99 Å². The van der Waals surface area contributed by atoms with Crippen LogP contribution in [0.25, 0.3) is 0 Å². The Morgan fingerprint density at radius 3 is 2.70 bits per heavy atom.